The fourth-order valence-electron chi connectivity index (χ4n) is 1.79. The van der Waals surface area contributed by atoms with Crippen molar-refractivity contribution in [2.75, 3.05) is 12.1 Å². The van der Waals surface area contributed by atoms with E-state index in [2.05, 4.69) is 0 Å². The number of benzene rings is 2. The largest absolute Gasteiger partial charge is 0.497 e. The molecule has 6 heteroatoms. The lowest BCUT2D eigenvalue weighted by atomic mass is 10.1. The number of nitrogens with zero attached hydrogens (tertiary/aromatic N) is 1. The molecule has 0 heterocycles. The van der Waals surface area contributed by atoms with Crippen LogP contribution in [0.5, 0.6) is 5.75 Å². The molecule has 21 heavy (non-hydrogen) atoms. The van der Waals surface area contributed by atoms with Crippen molar-refractivity contribution in [1.82, 2.24) is 0 Å². The van der Waals surface area contributed by atoms with Crippen molar-refractivity contribution in [2.24, 2.45) is 11.6 Å². The van der Waals surface area contributed by atoms with Crippen LogP contribution < -0.4 is 21.3 Å². The molecule has 0 bridgehead atoms. The van der Waals surface area contributed by atoms with E-state index in [0.29, 0.717) is 11.4 Å². The number of hydrogen-bond donors (Lipinski definition) is 2. The van der Waals surface area contributed by atoms with Crippen LogP contribution in [0, 0.1) is 11.6 Å². The quantitative estimate of drug-likeness (QED) is 0.671. The van der Waals surface area contributed by atoms with Gasteiger partial charge in [0, 0.05) is 23.9 Å². The van der Waals surface area contributed by atoms with E-state index in [1.54, 1.807) is 24.3 Å². The van der Waals surface area contributed by atoms with E-state index in [0.717, 1.165) is 12.1 Å². The lowest BCUT2D eigenvalue weighted by Gasteiger charge is -2.16. The maximum atomic E-state index is 13.6. The van der Waals surface area contributed by atoms with Gasteiger partial charge in [0.15, 0.2) is 0 Å². The minimum Gasteiger partial charge on any atom is -0.497 e. The lowest BCUT2D eigenvalue weighted by molar-refractivity contribution is 0.415. The van der Waals surface area contributed by atoms with Gasteiger partial charge in [-0.05, 0) is 24.3 Å². The van der Waals surface area contributed by atoms with E-state index < -0.39 is 11.6 Å². The Labute approximate surface area is 121 Å². The van der Waals surface area contributed by atoms with Gasteiger partial charge in [0.1, 0.15) is 17.4 Å². The second-order valence-corrected chi connectivity index (χ2v) is 4.32. The van der Waals surface area contributed by atoms with E-state index in [9.17, 15) is 8.78 Å². The summed E-state index contributed by atoms with van der Waals surface area (Å²) in [5.41, 5.74) is 6.57. The molecule has 0 saturated carbocycles. The van der Waals surface area contributed by atoms with Gasteiger partial charge in [-0.2, -0.15) is 0 Å². The summed E-state index contributed by atoms with van der Waals surface area (Å²) in [5.74, 6) is 5.08. The number of nitrogens with two attached hydrogens (primary N) is 2. The van der Waals surface area contributed by atoms with Crippen LogP contribution in [0.3, 0.4) is 0 Å². The van der Waals surface area contributed by atoms with Crippen LogP contribution in [0.25, 0.3) is 5.70 Å². The molecule has 0 radical (unpaired) electrons. The highest BCUT2D eigenvalue weighted by molar-refractivity contribution is 5.66. The molecule has 0 fully saturated rings. The monoisotopic (exact) mass is 291 g/mol. The smallest absolute Gasteiger partial charge is 0.135 e. The molecule has 2 rings (SSSR count). The maximum Gasteiger partial charge on any atom is 0.135 e. The van der Waals surface area contributed by atoms with Crippen molar-refractivity contribution >= 4 is 11.4 Å². The van der Waals surface area contributed by atoms with Gasteiger partial charge in [-0.3, -0.25) is 5.01 Å². The van der Waals surface area contributed by atoms with Crippen LogP contribution in [0.4, 0.5) is 14.5 Å². The van der Waals surface area contributed by atoms with Crippen LogP contribution >= 0.6 is 0 Å². The molecule has 0 aromatic heterocycles. The van der Waals surface area contributed by atoms with E-state index in [4.69, 9.17) is 16.3 Å². The number of anilines is 1. The fraction of sp³-hybridized carbons (Fsp3) is 0.0667. The average Bonchev–Trinajstić information content (AvgIpc) is 2.47. The zero-order valence-corrected chi connectivity index (χ0v) is 11.4. The normalized spacial score (nSPS) is 11.3. The molecule has 0 spiro atoms. The first kappa shape index (κ1) is 14.8. The highest BCUT2D eigenvalue weighted by Crippen LogP contribution is 2.21. The molecule has 0 aliphatic rings. The van der Waals surface area contributed by atoms with Crippen LogP contribution in [0.1, 0.15) is 5.56 Å². The van der Waals surface area contributed by atoms with Gasteiger partial charge in [-0.1, -0.05) is 6.07 Å². The summed E-state index contributed by atoms with van der Waals surface area (Å²) in [6.45, 7) is 0. The summed E-state index contributed by atoms with van der Waals surface area (Å²) in [5, 5.41) is 1.24. The Hall–Kier alpha value is -2.60. The zero-order chi connectivity index (χ0) is 15.4. The van der Waals surface area contributed by atoms with Gasteiger partial charge in [0.25, 0.3) is 0 Å². The number of hydrogen-bond acceptors (Lipinski definition) is 4. The molecule has 0 aliphatic carbocycles. The minimum absolute atomic E-state index is 0.0785. The number of ether oxygens (including phenoxy) is 1. The molecule has 0 amide bonds. The predicted molar refractivity (Wildman–Crippen MR) is 78.2 cm³/mol. The van der Waals surface area contributed by atoms with Crippen molar-refractivity contribution in [3.05, 3.63) is 65.9 Å². The number of methoxy groups -OCH3 is 1. The Morgan fingerprint density at radius 2 is 1.95 bits per heavy atom. The minimum atomic E-state index is -0.747. The van der Waals surface area contributed by atoms with Gasteiger partial charge in [-0.25, -0.2) is 14.6 Å². The van der Waals surface area contributed by atoms with Crippen LogP contribution in [0.2, 0.25) is 0 Å². The van der Waals surface area contributed by atoms with E-state index in [1.165, 1.54) is 24.4 Å². The average molecular weight is 291 g/mol. The Bertz CT molecular complexity index is 674. The molecule has 2 aromatic carbocycles. The molecule has 0 saturated heterocycles. The van der Waals surface area contributed by atoms with Crippen molar-refractivity contribution < 1.29 is 13.5 Å². The van der Waals surface area contributed by atoms with Gasteiger partial charge in [0.2, 0.25) is 0 Å². The Kier molecular flexibility index (Phi) is 4.39. The lowest BCUT2D eigenvalue weighted by Crippen LogP contribution is -2.25. The van der Waals surface area contributed by atoms with Gasteiger partial charge in [-0.15, -0.1) is 0 Å². The number of hydrazine groups is 1. The van der Waals surface area contributed by atoms with Crippen molar-refractivity contribution in [3.63, 3.8) is 0 Å². The summed E-state index contributed by atoms with van der Waals surface area (Å²) in [6, 6.07) is 10.1. The molecule has 0 unspecified atom stereocenters. The Morgan fingerprint density at radius 1 is 1.19 bits per heavy atom. The van der Waals surface area contributed by atoms with Gasteiger partial charge < -0.3 is 10.5 Å². The fourth-order valence-corrected chi connectivity index (χ4v) is 1.79. The predicted octanol–water partition coefficient (Wildman–Crippen LogP) is 2.61. The first-order chi connectivity index (χ1) is 10.0. The standard InChI is InChI=1S/C15H15F2N3O/c1-21-12-4-2-3-11(8-12)20(19)9-15(18)13-6-5-10(16)7-14(13)17/h2-9H,18-19H2,1H3/b15-9-. The maximum absolute atomic E-state index is 13.6. The van der Waals surface area contributed by atoms with Crippen LogP contribution in [-0.4, -0.2) is 7.11 Å². The van der Waals surface area contributed by atoms with Gasteiger partial charge >= 0.3 is 0 Å². The first-order valence-corrected chi connectivity index (χ1v) is 6.12. The molecule has 0 aliphatic heterocycles. The van der Waals surface area contributed by atoms with E-state index >= 15 is 0 Å². The second-order valence-electron chi connectivity index (χ2n) is 4.32. The summed E-state index contributed by atoms with van der Waals surface area (Å²) in [6.07, 6.45) is 1.35. The Morgan fingerprint density at radius 3 is 2.62 bits per heavy atom. The summed E-state index contributed by atoms with van der Waals surface area (Å²) < 4.78 is 31.6. The summed E-state index contributed by atoms with van der Waals surface area (Å²) >= 11 is 0. The van der Waals surface area contributed by atoms with E-state index in [-0.39, 0.29) is 11.3 Å². The van der Waals surface area contributed by atoms with Crippen LogP contribution in [-0.2, 0) is 0 Å². The third-order valence-electron chi connectivity index (χ3n) is 2.87. The first-order valence-electron chi connectivity index (χ1n) is 6.12. The SMILES string of the molecule is COc1cccc(N(N)/C=C(\N)c2ccc(F)cc2F)c1. The third-order valence-corrected chi connectivity index (χ3v) is 2.87. The van der Waals surface area contributed by atoms with Crippen molar-refractivity contribution in [1.29, 1.82) is 0 Å². The molecule has 4 N–H and O–H groups in total. The number of halogens is 2. The molecule has 2 aromatic rings. The zero-order valence-electron chi connectivity index (χ0n) is 11.4. The third kappa shape index (κ3) is 3.49. The molecule has 0 atom stereocenters. The van der Waals surface area contributed by atoms with Crippen LogP contribution in [0.15, 0.2) is 48.7 Å². The highest BCUT2D eigenvalue weighted by Gasteiger charge is 2.08. The van der Waals surface area contributed by atoms with Crippen molar-refractivity contribution in [2.45, 2.75) is 0 Å². The van der Waals surface area contributed by atoms with Gasteiger partial charge in [0.05, 0.1) is 18.5 Å². The molecular weight excluding hydrogens is 276 g/mol. The summed E-state index contributed by atoms with van der Waals surface area (Å²) in [7, 11) is 1.54. The summed E-state index contributed by atoms with van der Waals surface area (Å²) in [4.78, 5) is 0. The number of rotatable bonds is 4. The van der Waals surface area contributed by atoms with E-state index in [1.807, 2.05) is 0 Å². The Balaban J connectivity index is 2.28. The molecule has 110 valence electrons. The van der Waals surface area contributed by atoms with Crippen molar-refractivity contribution in [3.8, 4) is 5.75 Å². The molecule has 4 nitrogen and oxygen atoms in total. The highest BCUT2D eigenvalue weighted by atomic mass is 19.1. The topological polar surface area (TPSA) is 64.5 Å². The molecular formula is C15H15F2N3O. The second kappa shape index (κ2) is 6.23.